The van der Waals surface area contributed by atoms with E-state index in [0.717, 1.165) is 40.8 Å². The molecule has 0 bridgehead atoms. The lowest BCUT2D eigenvalue weighted by Gasteiger charge is -2.26. The van der Waals surface area contributed by atoms with Gasteiger partial charge >= 0.3 is 0 Å². The Kier molecular flexibility index (Phi) is 5.41. The molecular weight excluding hydrogens is 456 g/mol. The number of benzene rings is 1. The fraction of sp³-hybridized carbons (Fsp3) is 0.435. The fourth-order valence-corrected chi connectivity index (χ4v) is 6.02. The summed E-state index contributed by atoms with van der Waals surface area (Å²) < 4.78 is 8.94. The average Bonchev–Trinajstić information content (AvgIpc) is 3.48. The molecule has 1 amide bonds. The van der Waals surface area contributed by atoms with Gasteiger partial charge in [0.1, 0.15) is 6.10 Å². The van der Waals surface area contributed by atoms with Crippen molar-refractivity contribution in [1.82, 2.24) is 24.8 Å². The van der Waals surface area contributed by atoms with E-state index in [9.17, 15) is 4.79 Å². The highest BCUT2D eigenvalue weighted by Crippen LogP contribution is 2.35. The van der Waals surface area contributed by atoms with E-state index < -0.39 is 0 Å². The number of carbonyl (C=O) groups is 1. The Morgan fingerprint density at radius 1 is 1.18 bits per heavy atom. The molecule has 2 aliphatic rings. The number of hydrogen-bond donors (Lipinski definition) is 1. The number of thiazole rings is 1. The van der Waals surface area contributed by atoms with E-state index in [4.69, 9.17) is 4.74 Å². The number of nitrogens with zero attached hydrogens (tertiary/aromatic N) is 5. The van der Waals surface area contributed by atoms with Crippen LogP contribution in [0, 0.1) is 11.8 Å². The maximum absolute atomic E-state index is 12.0. The minimum absolute atomic E-state index is 0.0744. The van der Waals surface area contributed by atoms with Crippen molar-refractivity contribution in [2.24, 2.45) is 11.8 Å². The van der Waals surface area contributed by atoms with Crippen LogP contribution >= 0.6 is 23.1 Å². The lowest BCUT2D eigenvalue weighted by molar-refractivity contribution is -0.117. The van der Waals surface area contributed by atoms with E-state index in [1.807, 2.05) is 24.3 Å². The lowest BCUT2D eigenvalue weighted by Crippen LogP contribution is -2.24. The maximum Gasteiger partial charge on any atom is 0.232 e. The second-order valence-electron chi connectivity index (χ2n) is 8.95. The van der Waals surface area contributed by atoms with Gasteiger partial charge in [-0.3, -0.25) is 4.79 Å². The van der Waals surface area contributed by atoms with Gasteiger partial charge < -0.3 is 10.1 Å². The van der Waals surface area contributed by atoms with Gasteiger partial charge in [-0.05, 0) is 74.0 Å². The quantitative estimate of drug-likeness (QED) is 0.406. The van der Waals surface area contributed by atoms with Crippen LogP contribution in [0.4, 0.5) is 5.13 Å². The van der Waals surface area contributed by atoms with Crippen LogP contribution in [0.3, 0.4) is 0 Å². The van der Waals surface area contributed by atoms with Crippen molar-refractivity contribution in [3.05, 3.63) is 30.3 Å². The zero-order chi connectivity index (χ0) is 22.4. The molecule has 10 heteroatoms. The standard InChI is InChI=1S/C23H24N6O2S2/c1-13-3-2-4-15(11-13)31-20-10-9-19-26-27-23(29(19)28-20)32-16-7-8-17-18(12-16)33-22(24-17)25-21(30)14-5-6-14/h7-10,12-15H,2-6,11H2,1H3,(H,24,25,30)/t13-,15-/m0/s1. The van der Waals surface area contributed by atoms with Crippen LogP contribution in [0.2, 0.25) is 0 Å². The van der Waals surface area contributed by atoms with Gasteiger partial charge in [0.15, 0.2) is 10.8 Å². The third-order valence-corrected chi connectivity index (χ3v) is 7.99. The molecule has 33 heavy (non-hydrogen) atoms. The molecule has 3 aromatic heterocycles. The van der Waals surface area contributed by atoms with Gasteiger partial charge in [0.25, 0.3) is 0 Å². The van der Waals surface area contributed by atoms with Gasteiger partial charge in [0.05, 0.1) is 10.2 Å². The first-order chi connectivity index (χ1) is 16.1. The number of carbonyl (C=O) groups excluding carboxylic acids is 1. The van der Waals surface area contributed by atoms with Gasteiger partial charge in [-0.15, -0.1) is 15.3 Å². The highest BCUT2D eigenvalue weighted by Gasteiger charge is 2.30. The largest absolute Gasteiger partial charge is 0.473 e. The average molecular weight is 481 g/mol. The third kappa shape index (κ3) is 4.54. The molecule has 8 nitrogen and oxygen atoms in total. The van der Waals surface area contributed by atoms with Crippen LogP contribution in [0.25, 0.3) is 15.9 Å². The SMILES string of the molecule is C[C@H]1CCC[C@H](Oc2ccc3nnc(Sc4ccc5nc(NC(=O)C6CC6)sc5c4)n3n2)C1. The molecule has 0 aliphatic heterocycles. The van der Waals surface area contributed by atoms with Crippen LogP contribution in [0.1, 0.15) is 45.4 Å². The Labute approximate surface area is 199 Å². The highest BCUT2D eigenvalue weighted by atomic mass is 32.2. The predicted octanol–water partition coefficient (Wildman–Crippen LogP) is 5.19. The molecule has 4 aromatic rings. The number of rotatable bonds is 6. The summed E-state index contributed by atoms with van der Waals surface area (Å²) in [5.41, 5.74) is 1.56. The van der Waals surface area contributed by atoms with E-state index in [1.165, 1.54) is 35.9 Å². The van der Waals surface area contributed by atoms with E-state index >= 15 is 0 Å². The van der Waals surface area contributed by atoms with Crippen LogP contribution in [0.5, 0.6) is 5.88 Å². The van der Waals surface area contributed by atoms with E-state index in [1.54, 1.807) is 4.52 Å². The number of ether oxygens (including phenoxy) is 1. The summed E-state index contributed by atoms with van der Waals surface area (Å²) in [5, 5.41) is 17.5. The third-order valence-electron chi connectivity index (χ3n) is 6.13. The van der Waals surface area contributed by atoms with Gasteiger partial charge in [-0.1, -0.05) is 24.7 Å². The Hall–Kier alpha value is -2.72. The van der Waals surface area contributed by atoms with E-state index in [-0.39, 0.29) is 17.9 Å². The Morgan fingerprint density at radius 3 is 2.94 bits per heavy atom. The first-order valence-corrected chi connectivity index (χ1v) is 13.0. The lowest BCUT2D eigenvalue weighted by atomic mass is 9.89. The Balaban J connectivity index is 1.21. The van der Waals surface area contributed by atoms with E-state index in [2.05, 4.69) is 38.6 Å². The summed E-state index contributed by atoms with van der Waals surface area (Å²) in [5.74, 6) is 1.53. The van der Waals surface area contributed by atoms with Crippen LogP contribution in [-0.2, 0) is 4.79 Å². The van der Waals surface area contributed by atoms with Crippen molar-refractivity contribution >= 4 is 50.0 Å². The van der Waals surface area contributed by atoms with Crippen molar-refractivity contribution in [1.29, 1.82) is 0 Å². The molecule has 2 fully saturated rings. The molecule has 0 unspecified atom stereocenters. The predicted molar refractivity (Wildman–Crippen MR) is 128 cm³/mol. The molecule has 2 aliphatic carbocycles. The minimum Gasteiger partial charge on any atom is -0.473 e. The minimum atomic E-state index is 0.0744. The van der Waals surface area contributed by atoms with E-state index in [0.29, 0.717) is 27.7 Å². The van der Waals surface area contributed by atoms with Crippen molar-refractivity contribution in [2.75, 3.05) is 5.32 Å². The normalized spacial score (nSPS) is 20.9. The molecule has 1 aromatic carbocycles. The molecule has 2 saturated carbocycles. The zero-order valence-corrected chi connectivity index (χ0v) is 19.9. The molecule has 3 heterocycles. The zero-order valence-electron chi connectivity index (χ0n) is 18.2. The van der Waals surface area contributed by atoms with Crippen molar-refractivity contribution in [2.45, 2.75) is 61.6 Å². The summed E-state index contributed by atoms with van der Waals surface area (Å²) in [6, 6.07) is 9.81. The monoisotopic (exact) mass is 480 g/mol. The molecule has 0 saturated heterocycles. The first kappa shape index (κ1) is 20.9. The summed E-state index contributed by atoms with van der Waals surface area (Å²) in [4.78, 5) is 17.6. The molecule has 2 atom stereocenters. The van der Waals surface area contributed by atoms with Crippen LogP contribution in [-0.4, -0.2) is 36.8 Å². The Morgan fingerprint density at radius 2 is 2.09 bits per heavy atom. The molecule has 0 spiro atoms. The summed E-state index contributed by atoms with van der Waals surface area (Å²) >= 11 is 2.98. The second-order valence-corrected chi connectivity index (χ2v) is 11.0. The summed E-state index contributed by atoms with van der Waals surface area (Å²) in [7, 11) is 0. The topological polar surface area (TPSA) is 94.3 Å². The highest BCUT2D eigenvalue weighted by molar-refractivity contribution is 7.99. The molecular formula is C23H24N6O2S2. The smallest absolute Gasteiger partial charge is 0.232 e. The molecule has 1 N–H and O–H groups in total. The molecule has 170 valence electrons. The van der Waals surface area contributed by atoms with Gasteiger partial charge in [0.2, 0.25) is 16.9 Å². The van der Waals surface area contributed by atoms with Crippen molar-refractivity contribution in [3.63, 3.8) is 0 Å². The first-order valence-electron chi connectivity index (χ1n) is 11.4. The fourth-order valence-electron chi connectivity index (χ4n) is 4.22. The second kappa shape index (κ2) is 8.57. The summed E-state index contributed by atoms with van der Waals surface area (Å²) in [6.45, 7) is 2.28. The van der Waals surface area contributed by atoms with Crippen molar-refractivity contribution < 1.29 is 9.53 Å². The van der Waals surface area contributed by atoms with Gasteiger partial charge in [0, 0.05) is 16.9 Å². The van der Waals surface area contributed by atoms with Gasteiger partial charge in [-0.25, -0.2) is 4.98 Å². The summed E-state index contributed by atoms with van der Waals surface area (Å²) in [6.07, 6.45) is 6.79. The van der Waals surface area contributed by atoms with Gasteiger partial charge in [-0.2, -0.15) is 4.52 Å². The number of aromatic nitrogens is 5. The van der Waals surface area contributed by atoms with Crippen molar-refractivity contribution in [3.8, 4) is 5.88 Å². The van der Waals surface area contributed by atoms with Crippen LogP contribution < -0.4 is 10.1 Å². The Bertz CT molecular complexity index is 1330. The number of amides is 1. The maximum atomic E-state index is 12.0. The number of fused-ring (bicyclic) bond motifs is 2. The number of hydrogen-bond acceptors (Lipinski definition) is 8. The molecule has 0 radical (unpaired) electrons. The molecule has 6 rings (SSSR count). The number of anilines is 1. The number of nitrogens with one attached hydrogen (secondary N) is 1. The van der Waals surface area contributed by atoms with Crippen LogP contribution in [0.15, 0.2) is 40.4 Å².